The molecule has 0 radical (unpaired) electrons. The minimum Gasteiger partial charge on any atom is -0.384 e. The number of nitrogens with zero attached hydrogens (tertiary/aromatic N) is 1. The first-order valence-corrected chi connectivity index (χ1v) is 4.40. The van der Waals surface area contributed by atoms with Gasteiger partial charge < -0.3 is 10.2 Å². The van der Waals surface area contributed by atoms with Gasteiger partial charge in [0, 0.05) is 0 Å². The van der Waals surface area contributed by atoms with Gasteiger partial charge in [-0.1, -0.05) is 13.2 Å². The molecule has 3 heteroatoms. The molecule has 0 saturated carbocycles. The van der Waals surface area contributed by atoms with Crippen molar-refractivity contribution in [2.45, 2.75) is 19.3 Å². The lowest BCUT2D eigenvalue weighted by atomic mass is 10.2. The van der Waals surface area contributed by atoms with Crippen molar-refractivity contribution in [2.75, 3.05) is 20.1 Å². The summed E-state index contributed by atoms with van der Waals surface area (Å²) in [6.45, 7) is 10.0. The zero-order valence-electron chi connectivity index (χ0n) is 8.48. The number of rotatable bonds is 6. The molecule has 76 valence electrons. The lowest BCUT2D eigenvalue weighted by Crippen LogP contribution is -2.56. The van der Waals surface area contributed by atoms with Crippen LogP contribution < -0.4 is 0 Å². The van der Waals surface area contributed by atoms with E-state index in [-0.39, 0.29) is 0 Å². The van der Waals surface area contributed by atoms with Crippen LogP contribution in [0.2, 0.25) is 0 Å². The molecule has 2 unspecified atom stereocenters. The summed E-state index contributed by atoms with van der Waals surface area (Å²) >= 11 is 0. The van der Waals surface area contributed by atoms with Gasteiger partial charge in [-0.15, -0.1) is 0 Å². The summed E-state index contributed by atoms with van der Waals surface area (Å²) in [5.41, 5.74) is 0. The molecule has 0 aromatic heterocycles. The van der Waals surface area contributed by atoms with Gasteiger partial charge in [-0.2, -0.15) is 0 Å². The van der Waals surface area contributed by atoms with Crippen LogP contribution in [0.3, 0.4) is 0 Å². The van der Waals surface area contributed by atoms with Crippen molar-refractivity contribution in [3.05, 3.63) is 25.3 Å². The number of aliphatic hydroxyl groups is 2. The summed E-state index contributed by atoms with van der Waals surface area (Å²) in [6.07, 6.45) is 1.92. The summed E-state index contributed by atoms with van der Waals surface area (Å²) in [7, 11) is 1.86. The van der Waals surface area contributed by atoms with E-state index in [1.54, 1.807) is 19.1 Å². The SMILES string of the molecule is C=CC[N+](C)(CC=C)C(O)C(C)O. The molecule has 0 rings (SSSR count). The molecule has 0 aromatic rings. The van der Waals surface area contributed by atoms with E-state index < -0.39 is 12.3 Å². The van der Waals surface area contributed by atoms with Crippen molar-refractivity contribution >= 4 is 0 Å². The molecule has 3 nitrogen and oxygen atoms in total. The number of aliphatic hydroxyl groups excluding tert-OH is 2. The lowest BCUT2D eigenvalue weighted by Gasteiger charge is -2.38. The Morgan fingerprint density at radius 2 is 1.62 bits per heavy atom. The molecule has 0 heterocycles. The topological polar surface area (TPSA) is 40.5 Å². The van der Waals surface area contributed by atoms with Crippen molar-refractivity contribution < 1.29 is 14.7 Å². The van der Waals surface area contributed by atoms with Gasteiger partial charge >= 0.3 is 0 Å². The third-order valence-corrected chi connectivity index (χ3v) is 2.16. The van der Waals surface area contributed by atoms with Crippen molar-refractivity contribution in [3.8, 4) is 0 Å². The monoisotopic (exact) mass is 186 g/mol. The Bertz CT molecular complexity index is 168. The van der Waals surface area contributed by atoms with Gasteiger partial charge in [-0.25, -0.2) is 0 Å². The maximum Gasteiger partial charge on any atom is 0.217 e. The quantitative estimate of drug-likeness (QED) is 0.360. The third kappa shape index (κ3) is 3.30. The second kappa shape index (κ2) is 5.17. The average molecular weight is 186 g/mol. The fourth-order valence-electron chi connectivity index (χ4n) is 1.40. The molecule has 0 saturated heterocycles. The van der Waals surface area contributed by atoms with Crippen molar-refractivity contribution in [3.63, 3.8) is 0 Å². The van der Waals surface area contributed by atoms with Gasteiger partial charge in [0.2, 0.25) is 6.23 Å². The second-order valence-corrected chi connectivity index (χ2v) is 3.58. The fourth-order valence-corrected chi connectivity index (χ4v) is 1.40. The molecule has 0 aliphatic heterocycles. The van der Waals surface area contributed by atoms with Gasteiger partial charge in [0.15, 0.2) is 0 Å². The highest BCUT2D eigenvalue weighted by molar-refractivity contribution is 4.72. The van der Waals surface area contributed by atoms with Crippen LogP contribution in [0.4, 0.5) is 0 Å². The first-order valence-electron chi connectivity index (χ1n) is 4.40. The molecule has 2 atom stereocenters. The molecule has 0 aliphatic rings. The van der Waals surface area contributed by atoms with Crippen LogP contribution in [0.15, 0.2) is 25.3 Å². The van der Waals surface area contributed by atoms with E-state index in [0.717, 1.165) is 0 Å². The van der Waals surface area contributed by atoms with E-state index in [9.17, 15) is 10.2 Å². The summed E-state index contributed by atoms with van der Waals surface area (Å²) in [5, 5.41) is 19.0. The van der Waals surface area contributed by atoms with Gasteiger partial charge in [0.25, 0.3) is 0 Å². The summed E-state index contributed by atoms with van der Waals surface area (Å²) in [4.78, 5) is 0. The molecule has 0 bridgehead atoms. The Morgan fingerprint density at radius 3 is 1.85 bits per heavy atom. The van der Waals surface area contributed by atoms with Crippen molar-refractivity contribution in [2.24, 2.45) is 0 Å². The molecule has 2 N–H and O–H groups in total. The molecule has 0 fully saturated rings. The Balaban J connectivity index is 4.54. The van der Waals surface area contributed by atoms with Crippen molar-refractivity contribution in [1.29, 1.82) is 0 Å². The minimum atomic E-state index is -0.795. The van der Waals surface area contributed by atoms with E-state index in [1.807, 2.05) is 7.05 Å². The van der Waals surface area contributed by atoms with E-state index in [0.29, 0.717) is 17.6 Å². The largest absolute Gasteiger partial charge is 0.384 e. The molecule has 13 heavy (non-hydrogen) atoms. The summed E-state index contributed by atoms with van der Waals surface area (Å²) in [6, 6.07) is 0. The average Bonchev–Trinajstić information content (AvgIpc) is 2.03. The number of hydrogen-bond donors (Lipinski definition) is 2. The Morgan fingerprint density at radius 1 is 1.23 bits per heavy atom. The van der Waals surface area contributed by atoms with Gasteiger partial charge in [0.05, 0.1) is 20.1 Å². The molecule has 0 amide bonds. The molecule has 0 aromatic carbocycles. The maximum absolute atomic E-state index is 9.73. The van der Waals surface area contributed by atoms with Gasteiger partial charge in [-0.05, 0) is 19.1 Å². The normalized spacial score (nSPS) is 16.3. The van der Waals surface area contributed by atoms with Crippen LogP contribution in [-0.2, 0) is 0 Å². The van der Waals surface area contributed by atoms with E-state index in [1.165, 1.54) is 0 Å². The first-order chi connectivity index (χ1) is 5.98. The highest BCUT2D eigenvalue weighted by Crippen LogP contribution is 2.11. The van der Waals surface area contributed by atoms with Gasteiger partial charge in [-0.3, -0.25) is 4.48 Å². The fraction of sp³-hybridized carbons (Fsp3) is 0.600. The standard InChI is InChI=1S/C10H20NO2/c1-5-7-11(4,8-6-2)10(13)9(3)12/h5-6,9-10,12-13H,1-2,7-8H2,3-4H3/q+1. The Labute approximate surface area is 80.2 Å². The van der Waals surface area contributed by atoms with Gasteiger partial charge in [0.1, 0.15) is 6.10 Å². The van der Waals surface area contributed by atoms with E-state index in [4.69, 9.17) is 0 Å². The molecular formula is C10H20NO2+. The van der Waals surface area contributed by atoms with E-state index in [2.05, 4.69) is 13.2 Å². The van der Waals surface area contributed by atoms with Crippen LogP contribution in [-0.4, -0.2) is 47.2 Å². The minimum absolute atomic E-state index is 0.324. The Kier molecular flexibility index (Phi) is 4.91. The van der Waals surface area contributed by atoms with Crippen molar-refractivity contribution in [1.82, 2.24) is 0 Å². The number of quaternary nitrogens is 1. The predicted octanol–water partition coefficient (Wildman–Crippen LogP) is 0.504. The smallest absolute Gasteiger partial charge is 0.217 e. The molecular weight excluding hydrogens is 166 g/mol. The second-order valence-electron chi connectivity index (χ2n) is 3.58. The zero-order chi connectivity index (χ0) is 10.5. The van der Waals surface area contributed by atoms with Crippen LogP contribution in [0.1, 0.15) is 6.92 Å². The Hall–Kier alpha value is -0.640. The summed E-state index contributed by atoms with van der Waals surface area (Å²) < 4.78 is 0.324. The first kappa shape index (κ1) is 12.4. The summed E-state index contributed by atoms with van der Waals surface area (Å²) in [5.74, 6) is 0. The number of hydrogen-bond acceptors (Lipinski definition) is 2. The van der Waals surface area contributed by atoms with E-state index >= 15 is 0 Å². The lowest BCUT2D eigenvalue weighted by molar-refractivity contribution is -0.947. The highest BCUT2D eigenvalue weighted by Gasteiger charge is 2.32. The number of likely N-dealkylation sites (N-methyl/N-ethyl adjacent to an activating group) is 1. The molecule has 0 spiro atoms. The third-order valence-electron chi connectivity index (χ3n) is 2.16. The predicted molar refractivity (Wildman–Crippen MR) is 54.0 cm³/mol. The van der Waals surface area contributed by atoms with Crippen LogP contribution >= 0.6 is 0 Å². The maximum atomic E-state index is 9.73. The van der Waals surface area contributed by atoms with Crippen LogP contribution in [0.25, 0.3) is 0 Å². The van der Waals surface area contributed by atoms with Crippen LogP contribution in [0, 0.1) is 0 Å². The highest BCUT2D eigenvalue weighted by atomic mass is 16.3. The van der Waals surface area contributed by atoms with Crippen LogP contribution in [0.5, 0.6) is 0 Å². The molecule has 0 aliphatic carbocycles. The zero-order valence-corrected chi connectivity index (χ0v) is 8.48.